The van der Waals surface area contributed by atoms with Crippen molar-refractivity contribution in [2.45, 2.75) is 84.5 Å². The van der Waals surface area contributed by atoms with E-state index in [1.165, 1.54) is 77.6 Å². The summed E-state index contributed by atoms with van der Waals surface area (Å²) in [4.78, 5) is 9.75. The van der Waals surface area contributed by atoms with Gasteiger partial charge in [-0.25, -0.2) is 0 Å². The van der Waals surface area contributed by atoms with Gasteiger partial charge in [0.25, 0.3) is 0 Å². The minimum absolute atomic E-state index is 0.329. The van der Waals surface area contributed by atoms with Crippen molar-refractivity contribution in [3.8, 4) is 0 Å². The fourth-order valence-corrected chi connectivity index (χ4v) is 1.89. The van der Waals surface area contributed by atoms with Crippen LogP contribution < -0.4 is 0 Å². The van der Waals surface area contributed by atoms with Crippen LogP contribution in [0.5, 0.6) is 0 Å². The lowest BCUT2D eigenvalue weighted by Crippen LogP contribution is -1.87. The first-order chi connectivity index (χ1) is 9.68. The molecule has 0 N–H and O–H groups in total. The van der Waals surface area contributed by atoms with Crippen LogP contribution in [0.15, 0.2) is 25.5 Å². The highest BCUT2D eigenvalue weighted by Crippen LogP contribution is 2.11. The van der Waals surface area contributed by atoms with Gasteiger partial charge < -0.3 is 4.74 Å². The van der Waals surface area contributed by atoms with Crippen molar-refractivity contribution in [3.63, 3.8) is 0 Å². The van der Waals surface area contributed by atoms with Crippen LogP contribution in [-0.2, 0) is 9.53 Å². The zero-order valence-corrected chi connectivity index (χ0v) is 13.7. The third-order valence-electron chi connectivity index (χ3n) is 3.01. The Kier molecular flexibility index (Phi) is 21.5. The molecule has 0 aliphatic heterocycles. The molecular formula is C18H34O2. The summed E-state index contributed by atoms with van der Waals surface area (Å²) >= 11 is 0. The van der Waals surface area contributed by atoms with Gasteiger partial charge in [-0.3, -0.25) is 4.79 Å². The number of ether oxygens (including phenoxy) is 1. The van der Waals surface area contributed by atoms with Gasteiger partial charge in [0, 0.05) is 6.92 Å². The third-order valence-corrected chi connectivity index (χ3v) is 3.01. The van der Waals surface area contributed by atoms with Crippen LogP contribution in [0, 0.1) is 0 Å². The van der Waals surface area contributed by atoms with E-state index in [-0.39, 0.29) is 5.97 Å². The summed E-state index contributed by atoms with van der Waals surface area (Å²) in [6, 6.07) is 0. The second-order valence-corrected chi connectivity index (χ2v) is 5.04. The molecule has 0 aliphatic carbocycles. The van der Waals surface area contributed by atoms with Gasteiger partial charge in [-0.05, 0) is 12.8 Å². The van der Waals surface area contributed by atoms with Gasteiger partial charge in [0.1, 0.15) is 0 Å². The van der Waals surface area contributed by atoms with E-state index in [1.54, 1.807) is 0 Å². The quantitative estimate of drug-likeness (QED) is 0.185. The van der Waals surface area contributed by atoms with Crippen LogP contribution in [0.25, 0.3) is 0 Å². The first kappa shape index (κ1) is 21.3. The van der Waals surface area contributed by atoms with Crippen molar-refractivity contribution in [2.75, 3.05) is 0 Å². The van der Waals surface area contributed by atoms with Crippen molar-refractivity contribution in [2.24, 2.45) is 0 Å². The molecule has 0 heterocycles. The van der Waals surface area contributed by atoms with Gasteiger partial charge >= 0.3 is 5.97 Å². The molecule has 0 radical (unpaired) electrons. The topological polar surface area (TPSA) is 26.3 Å². The average molecular weight is 282 g/mol. The average Bonchev–Trinajstić information content (AvgIpc) is 2.41. The molecule has 0 bridgehead atoms. The van der Waals surface area contributed by atoms with Gasteiger partial charge in [0.05, 0.1) is 6.26 Å². The third kappa shape index (κ3) is 25.7. The molecule has 0 saturated heterocycles. The van der Waals surface area contributed by atoms with Gasteiger partial charge in [-0.15, -0.1) is 6.58 Å². The molecule has 0 fully saturated rings. The normalized spacial score (nSPS) is 9.30. The Morgan fingerprint density at radius 2 is 1.35 bits per heavy atom. The molecule has 0 aromatic heterocycles. The van der Waals surface area contributed by atoms with E-state index >= 15 is 0 Å². The van der Waals surface area contributed by atoms with Crippen molar-refractivity contribution in [1.29, 1.82) is 0 Å². The molecule has 0 spiro atoms. The van der Waals surface area contributed by atoms with Crippen LogP contribution in [-0.4, -0.2) is 5.97 Å². The maximum Gasteiger partial charge on any atom is 0.307 e. The van der Waals surface area contributed by atoms with E-state index in [4.69, 9.17) is 0 Å². The molecule has 0 saturated carbocycles. The second kappa shape index (κ2) is 20.3. The molecule has 2 heteroatoms. The molecule has 0 aliphatic rings. The molecule has 0 unspecified atom stereocenters. The summed E-state index contributed by atoms with van der Waals surface area (Å²) in [5, 5.41) is 0. The summed E-state index contributed by atoms with van der Waals surface area (Å²) < 4.78 is 4.17. The van der Waals surface area contributed by atoms with Crippen molar-refractivity contribution < 1.29 is 9.53 Å². The molecule has 0 aromatic carbocycles. The fraction of sp³-hybridized carbons (Fsp3) is 0.722. The summed E-state index contributed by atoms with van der Waals surface area (Å²) in [7, 11) is 0. The number of carbonyl (C=O) groups is 1. The largest absolute Gasteiger partial charge is 0.435 e. The minimum atomic E-state index is -0.329. The van der Waals surface area contributed by atoms with E-state index < -0.39 is 0 Å². The minimum Gasteiger partial charge on any atom is -0.435 e. The summed E-state index contributed by atoms with van der Waals surface area (Å²) in [5.74, 6) is -0.329. The Balaban J connectivity index is 0. The first-order valence-corrected chi connectivity index (χ1v) is 8.08. The Hall–Kier alpha value is -1.05. The Morgan fingerprint density at radius 3 is 1.65 bits per heavy atom. The van der Waals surface area contributed by atoms with Gasteiger partial charge in [0.2, 0.25) is 0 Å². The smallest absolute Gasteiger partial charge is 0.307 e. The standard InChI is InChI=1S/C14H28.C4H6O2/c1-3-5-7-9-11-13-14-12-10-8-6-4-2;1-3-6-4(2)5/h3H,1,4-14H2,2H3;3H,1H2,2H3. The van der Waals surface area contributed by atoms with Crippen LogP contribution in [0.3, 0.4) is 0 Å². The lowest BCUT2D eigenvalue weighted by Gasteiger charge is -2.00. The summed E-state index contributed by atoms with van der Waals surface area (Å²) in [5.41, 5.74) is 0. The van der Waals surface area contributed by atoms with Gasteiger partial charge in [-0.2, -0.15) is 0 Å². The molecular weight excluding hydrogens is 248 g/mol. The number of hydrogen-bond acceptors (Lipinski definition) is 2. The zero-order valence-electron chi connectivity index (χ0n) is 13.7. The van der Waals surface area contributed by atoms with Crippen LogP contribution in [0.2, 0.25) is 0 Å². The Bertz CT molecular complexity index is 221. The highest BCUT2D eigenvalue weighted by atomic mass is 16.5. The molecule has 20 heavy (non-hydrogen) atoms. The molecule has 0 atom stereocenters. The van der Waals surface area contributed by atoms with E-state index in [0.717, 1.165) is 6.26 Å². The SMILES string of the molecule is C=CCCCCCCCCCCCC.C=COC(C)=O. The van der Waals surface area contributed by atoms with E-state index in [9.17, 15) is 4.79 Å². The number of esters is 1. The predicted octanol–water partition coefficient (Wildman–Crippen LogP) is 6.18. The number of hydrogen-bond donors (Lipinski definition) is 0. The van der Waals surface area contributed by atoms with Crippen molar-refractivity contribution in [1.82, 2.24) is 0 Å². The summed E-state index contributed by atoms with van der Waals surface area (Å²) in [6.45, 7) is 10.5. The highest BCUT2D eigenvalue weighted by Gasteiger charge is 1.91. The fourth-order valence-electron chi connectivity index (χ4n) is 1.89. The molecule has 0 amide bonds. The van der Waals surface area contributed by atoms with Crippen LogP contribution in [0.1, 0.15) is 84.5 Å². The number of carbonyl (C=O) groups excluding carboxylic acids is 1. The number of unbranched alkanes of at least 4 members (excludes halogenated alkanes) is 10. The van der Waals surface area contributed by atoms with Crippen molar-refractivity contribution in [3.05, 3.63) is 25.5 Å². The summed E-state index contributed by atoms with van der Waals surface area (Å²) in [6.07, 6.45) is 18.6. The lowest BCUT2D eigenvalue weighted by atomic mass is 10.1. The van der Waals surface area contributed by atoms with E-state index in [2.05, 4.69) is 24.8 Å². The number of rotatable bonds is 12. The van der Waals surface area contributed by atoms with Crippen LogP contribution in [0.4, 0.5) is 0 Å². The maximum atomic E-state index is 9.75. The highest BCUT2D eigenvalue weighted by molar-refractivity contribution is 5.66. The van der Waals surface area contributed by atoms with Gasteiger partial charge in [0.15, 0.2) is 0 Å². The maximum absolute atomic E-state index is 9.75. The Morgan fingerprint density at radius 1 is 0.900 bits per heavy atom. The molecule has 118 valence electrons. The number of allylic oxidation sites excluding steroid dienone is 1. The first-order valence-electron chi connectivity index (χ1n) is 8.08. The monoisotopic (exact) mass is 282 g/mol. The molecule has 0 rings (SSSR count). The van der Waals surface area contributed by atoms with Crippen molar-refractivity contribution >= 4 is 5.97 Å². The zero-order chi connectivity index (χ0) is 15.5. The predicted molar refractivity (Wildman–Crippen MR) is 88.6 cm³/mol. The van der Waals surface area contributed by atoms with E-state index in [1.807, 2.05) is 6.08 Å². The Labute approximate surface area is 126 Å². The van der Waals surface area contributed by atoms with E-state index in [0.29, 0.717) is 0 Å². The molecule has 2 nitrogen and oxygen atoms in total. The lowest BCUT2D eigenvalue weighted by molar-refractivity contribution is -0.135. The second-order valence-electron chi connectivity index (χ2n) is 5.04. The van der Waals surface area contributed by atoms with Gasteiger partial charge in [-0.1, -0.05) is 77.4 Å². The van der Waals surface area contributed by atoms with Crippen LogP contribution >= 0.6 is 0 Å². The molecule has 0 aromatic rings.